The normalized spacial score (nSPS) is 14.5. The lowest BCUT2D eigenvalue weighted by Gasteiger charge is -2.36. The Labute approximate surface area is 143 Å². The molecule has 7 heteroatoms. The molecule has 4 nitrogen and oxygen atoms in total. The molecule has 2 amide bonds. The average molecular weight is 349 g/mol. The van der Waals surface area contributed by atoms with Crippen LogP contribution in [0.5, 0.6) is 0 Å². The summed E-state index contributed by atoms with van der Waals surface area (Å²) in [5, 5.41) is 2.67. The molecule has 0 atom stereocenters. The molecule has 1 saturated heterocycles. The molecule has 0 aliphatic carbocycles. The highest BCUT2D eigenvalue weighted by Crippen LogP contribution is 2.24. The molecule has 0 saturated carbocycles. The van der Waals surface area contributed by atoms with E-state index in [-0.39, 0.29) is 24.1 Å². The zero-order valence-corrected chi connectivity index (χ0v) is 13.5. The van der Waals surface area contributed by atoms with Crippen molar-refractivity contribution >= 4 is 11.7 Å². The number of carbonyl (C=O) groups excluding carboxylic acids is 1. The summed E-state index contributed by atoms with van der Waals surface area (Å²) in [6, 6.07) is 9.65. The van der Waals surface area contributed by atoms with E-state index in [2.05, 4.69) is 5.32 Å². The lowest BCUT2D eigenvalue weighted by Crippen LogP contribution is -2.52. The minimum absolute atomic E-state index is 0.0612. The zero-order chi connectivity index (χ0) is 17.8. The van der Waals surface area contributed by atoms with Crippen molar-refractivity contribution in [1.29, 1.82) is 0 Å². The van der Waals surface area contributed by atoms with Gasteiger partial charge in [-0.25, -0.2) is 18.0 Å². The Hall–Kier alpha value is -2.70. The van der Waals surface area contributed by atoms with Gasteiger partial charge in [0.25, 0.3) is 0 Å². The van der Waals surface area contributed by atoms with Gasteiger partial charge in [-0.3, -0.25) is 0 Å². The molecule has 3 rings (SSSR count). The smallest absolute Gasteiger partial charge is 0.317 e. The van der Waals surface area contributed by atoms with E-state index in [4.69, 9.17) is 0 Å². The van der Waals surface area contributed by atoms with E-state index in [1.807, 2.05) is 0 Å². The Morgan fingerprint density at radius 3 is 2.12 bits per heavy atom. The second kappa shape index (κ2) is 7.46. The topological polar surface area (TPSA) is 35.6 Å². The fourth-order valence-corrected chi connectivity index (χ4v) is 2.85. The third-order valence-electron chi connectivity index (χ3n) is 4.21. The van der Waals surface area contributed by atoms with Gasteiger partial charge in [-0.1, -0.05) is 24.3 Å². The molecule has 1 heterocycles. The van der Waals surface area contributed by atoms with Crippen LogP contribution in [0.3, 0.4) is 0 Å². The predicted octanol–water partition coefficient (Wildman–Crippen LogP) is 3.14. The number of hydrogen-bond donors (Lipinski definition) is 1. The van der Waals surface area contributed by atoms with Gasteiger partial charge in [0.15, 0.2) is 0 Å². The number of rotatable bonds is 3. The monoisotopic (exact) mass is 349 g/mol. The highest BCUT2D eigenvalue weighted by molar-refractivity contribution is 5.74. The summed E-state index contributed by atoms with van der Waals surface area (Å²) in [6.45, 7) is 1.40. The van der Waals surface area contributed by atoms with Gasteiger partial charge in [-0.2, -0.15) is 0 Å². The van der Waals surface area contributed by atoms with Crippen LogP contribution >= 0.6 is 0 Å². The molecule has 25 heavy (non-hydrogen) atoms. The molecule has 2 aromatic carbocycles. The van der Waals surface area contributed by atoms with Crippen molar-refractivity contribution in [3.63, 3.8) is 0 Å². The zero-order valence-electron chi connectivity index (χ0n) is 13.5. The quantitative estimate of drug-likeness (QED) is 0.924. The van der Waals surface area contributed by atoms with Gasteiger partial charge in [0.1, 0.15) is 23.1 Å². The number of benzene rings is 2. The molecular weight excluding hydrogens is 331 g/mol. The standard InChI is InChI=1S/C18H18F3N3O/c19-14-5-2-1-4-13(14)12-22-18(25)24-10-8-23(9-11-24)17-15(20)6-3-7-16(17)21/h1-7H,8-12H2,(H,22,25). The maximum absolute atomic E-state index is 13.8. The number of amides is 2. The SMILES string of the molecule is O=C(NCc1ccccc1F)N1CCN(c2c(F)cccc2F)CC1. The average Bonchev–Trinajstić information content (AvgIpc) is 2.61. The van der Waals surface area contributed by atoms with Crippen molar-refractivity contribution in [2.75, 3.05) is 31.1 Å². The first kappa shape index (κ1) is 17.1. The fourth-order valence-electron chi connectivity index (χ4n) is 2.85. The summed E-state index contributed by atoms with van der Waals surface area (Å²) in [5.41, 5.74) is 0.344. The van der Waals surface area contributed by atoms with Gasteiger partial charge >= 0.3 is 6.03 Å². The third-order valence-corrected chi connectivity index (χ3v) is 4.21. The highest BCUT2D eigenvalue weighted by Gasteiger charge is 2.24. The van der Waals surface area contributed by atoms with Crippen molar-refractivity contribution in [1.82, 2.24) is 10.2 Å². The molecule has 0 bridgehead atoms. The number of piperazine rings is 1. The van der Waals surface area contributed by atoms with Crippen LogP contribution in [0.25, 0.3) is 0 Å². The lowest BCUT2D eigenvalue weighted by atomic mass is 10.2. The third kappa shape index (κ3) is 3.87. The van der Waals surface area contributed by atoms with Crippen molar-refractivity contribution in [2.24, 2.45) is 0 Å². The van der Waals surface area contributed by atoms with Crippen LogP contribution in [0.1, 0.15) is 5.56 Å². The Balaban J connectivity index is 1.55. The van der Waals surface area contributed by atoms with Crippen LogP contribution in [0.15, 0.2) is 42.5 Å². The van der Waals surface area contributed by atoms with Crippen molar-refractivity contribution in [2.45, 2.75) is 6.54 Å². The van der Waals surface area contributed by atoms with Gasteiger partial charge in [0.2, 0.25) is 0 Å². The summed E-state index contributed by atoms with van der Waals surface area (Å²) in [6.07, 6.45) is 0. The van der Waals surface area contributed by atoms with Crippen molar-refractivity contribution in [3.05, 3.63) is 65.5 Å². The molecule has 2 aromatic rings. The number of hydrogen-bond acceptors (Lipinski definition) is 2. The molecule has 0 radical (unpaired) electrons. The van der Waals surface area contributed by atoms with Crippen LogP contribution < -0.4 is 10.2 Å². The Bertz CT molecular complexity index is 741. The van der Waals surface area contributed by atoms with Gasteiger partial charge in [-0.15, -0.1) is 0 Å². The second-order valence-corrected chi connectivity index (χ2v) is 5.79. The number of anilines is 1. The Morgan fingerprint density at radius 2 is 1.48 bits per heavy atom. The summed E-state index contributed by atoms with van der Waals surface area (Å²) in [7, 11) is 0. The van der Waals surface area contributed by atoms with E-state index in [1.165, 1.54) is 24.3 Å². The molecule has 0 spiro atoms. The van der Waals surface area contributed by atoms with Gasteiger partial charge in [0, 0.05) is 38.3 Å². The molecule has 1 N–H and O–H groups in total. The first-order valence-electron chi connectivity index (χ1n) is 8.01. The van der Waals surface area contributed by atoms with Crippen molar-refractivity contribution in [3.8, 4) is 0 Å². The number of halogens is 3. The summed E-state index contributed by atoms with van der Waals surface area (Å²) in [5.74, 6) is -1.60. The van der Waals surface area contributed by atoms with E-state index in [0.717, 1.165) is 0 Å². The Kier molecular flexibility index (Phi) is 5.11. The van der Waals surface area contributed by atoms with Crippen molar-refractivity contribution < 1.29 is 18.0 Å². The number of carbonyl (C=O) groups is 1. The number of nitrogens with zero attached hydrogens (tertiary/aromatic N) is 2. The largest absolute Gasteiger partial charge is 0.363 e. The maximum Gasteiger partial charge on any atom is 0.317 e. The number of urea groups is 1. The number of nitrogens with one attached hydrogen (secondary N) is 1. The van der Waals surface area contributed by atoms with Gasteiger partial charge in [0.05, 0.1) is 0 Å². The molecule has 132 valence electrons. The predicted molar refractivity (Wildman–Crippen MR) is 88.8 cm³/mol. The van der Waals surface area contributed by atoms with Crippen LogP contribution in [-0.4, -0.2) is 37.1 Å². The van der Waals surface area contributed by atoms with Crippen LogP contribution in [0, 0.1) is 17.5 Å². The minimum Gasteiger partial charge on any atom is -0.363 e. The van der Waals surface area contributed by atoms with E-state index < -0.39 is 11.6 Å². The van der Waals surface area contributed by atoms with Crippen LogP contribution in [-0.2, 0) is 6.54 Å². The first-order valence-corrected chi connectivity index (χ1v) is 8.01. The lowest BCUT2D eigenvalue weighted by molar-refractivity contribution is 0.193. The summed E-state index contributed by atoms with van der Waals surface area (Å²) >= 11 is 0. The summed E-state index contributed by atoms with van der Waals surface area (Å²) < 4.78 is 41.2. The van der Waals surface area contributed by atoms with E-state index in [9.17, 15) is 18.0 Å². The molecule has 0 unspecified atom stereocenters. The highest BCUT2D eigenvalue weighted by atomic mass is 19.1. The van der Waals surface area contributed by atoms with Gasteiger partial charge in [-0.05, 0) is 18.2 Å². The molecule has 1 aliphatic heterocycles. The first-order chi connectivity index (χ1) is 12.1. The van der Waals surface area contributed by atoms with Crippen LogP contribution in [0.2, 0.25) is 0 Å². The van der Waals surface area contributed by atoms with E-state index >= 15 is 0 Å². The van der Waals surface area contributed by atoms with Crippen LogP contribution in [0.4, 0.5) is 23.7 Å². The molecule has 1 aliphatic rings. The minimum atomic E-state index is -0.613. The fraction of sp³-hybridized carbons (Fsp3) is 0.278. The van der Waals surface area contributed by atoms with E-state index in [1.54, 1.807) is 28.0 Å². The maximum atomic E-state index is 13.8. The Morgan fingerprint density at radius 1 is 0.880 bits per heavy atom. The number of para-hydroxylation sites is 1. The molecule has 0 aromatic heterocycles. The molecular formula is C18H18F3N3O. The van der Waals surface area contributed by atoms with E-state index in [0.29, 0.717) is 31.7 Å². The van der Waals surface area contributed by atoms with Gasteiger partial charge < -0.3 is 15.1 Å². The molecule has 1 fully saturated rings. The second-order valence-electron chi connectivity index (χ2n) is 5.79. The summed E-state index contributed by atoms with van der Waals surface area (Å²) in [4.78, 5) is 15.3.